The van der Waals surface area contributed by atoms with Gasteiger partial charge in [-0.1, -0.05) is 49.4 Å². The van der Waals surface area contributed by atoms with Crippen LogP contribution >= 0.6 is 0 Å². The molecule has 0 aliphatic carbocycles. The molecular weight excluding hydrogens is 330 g/mol. The van der Waals surface area contributed by atoms with Crippen molar-refractivity contribution in [1.29, 1.82) is 0 Å². The van der Waals surface area contributed by atoms with Crippen molar-refractivity contribution in [3.63, 3.8) is 0 Å². The number of benzene rings is 2. The Hall–Kier alpha value is -3.15. The number of H-pyrrole nitrogens is 1. The molecule has 0 spiro atoms. The Kier molecular flexibility index (Phi) is 5.31. The molecule has 1 heterocycles. The van der Waals surface area contributed by atoms with Gasteiger partial charge in [-0.15, -0.1) is 0 Å². The molecule has 6 nitrogen and oxygen atoms in total. The van der Waals surface area contributed by atoms with Crippen molar-refractivity contribution in [2.75, 3.05) is 6.54 Å². The maximum atomic E-state index is 12.8. The molecule has 0 bridgehead atoms. The molecule has 0 fully saturated rings. The monoisotopic (exact) mass is 351 g/mol. The first-order chi connectivity index (χ1) is 12.6. The molecule has 26 heavy (non-hydrogen) atoms. The second-order valence-corrected chi connectivity index (χ2v) is 6.18. The molecule has 0 aliphatic rings. The highest BCUT2D eigenvalue weighted by atomic mass is 16.2. The highest BCUT2D eigenvalue weighted by Crippen LogP contribution is 2.07. The first-order valence-electron chi connectivity index (χ1n) is 8.63. The summed E-state index contributed by atoms with van der Waals surface area (Å²) in [6, 6.07) is 16.3. The standard InChI is InChI=1S/C20H21N3O3/c1-2-12-22(13-15-8-4-3-5-9-15)18(24)14-23-20(26)17-11-7-6-10-16(17)19(25)21-23/h3-11H,2,12-14H2,1H3,(H,21,25). The summed E-state index contributed by atoms with van der Waals surface area (Å²) >= 11 is 0. The SMILES string of the molecule is CCCN(Cc1ccccc1)C(=O)Cn1[nH]c(=O)c2ccccc2c1=O. The van der Waals surface area contributed by atoms with Gasteiger partial charge in [-0.05, 0) is 24.1 Å². The average molecular weight is 351 g/mol. The van der Waals surface area contributed by atoms with Crippen LogP contribution in [0.5, 0.6) is 0 Å². The molecule has 0 saturated carbocycles. The van der Waals surface area contributed by atoms with Gasteiger partial charge in [0.2, 0.25) is 5.91 Å². The second kappa shape index (κ2) is 7.82. The van der Waals surface area contributed by atoms with E-state index < -0.39 is 0 Å². The number of hydrogen-bond donors (Lipinski definition) is 1. The van der Waals surface area contributed by atoms with Crippen LogP contribution in [0.3, 0.4) is 0 Å². The summed E-state index contributed by atoms with van der Waals surface area (Å²) in [5.74, 6) is -0.205. The lowest BCUT2D eigenvalue weighted by Crippen LogP contribution is -2.39. The smallest absolute Gasteiger partial charge is 0.273 e. The van der Waals surface area contributed by atoms with Crippen LogP contribution in [-0.2, 0) is 17.9 Å². The van der Waals surface area contributed by atoms with E-state index in [1.807, 2.05) is 37.3 Å². The predicted octanol–water partition coefficient (Wildman–Crippen LogP) is 2.13. The molecule has 6 heteroatoms. The van der Waals surface area contributed by atoms with Crippen LogP contribution in [0.4, 0.5) is 0 Å². The summed E-state index contributed by atoms with van der Waals surface area (Å²) in [4.78, 5) is 39.2. The average Bonchev–Trinajstić information content (AvgIpc) is 2.66. The van der Waals surface area contributed by atoms with E-state index in [-0.39, 0.29) is 23.6 Å². The van der Waals surface area contributed by atoms with Gasteiger partial charge in [-0.3, -0.25) is 19.5 Å². The van der Waals surface area contributed by atoms with Crippen LogP contribution in [0.15, 0.2) is 64.2 Å². The molecule has 3 rings (SSSR count). The minimum atomic E-state index is -0.377. The lowest BCUT2D eigenvalue weighted by Gasteiger charge is -2.22. The van der Waals surface area contributed by atoms with E-state index in [1.54, 1.807) is 29.2 Å². The molecule has 1 aromatic heterocycles. The van der Waals surface area contributed by atoms with Crippen molar-refractivity contribution in [2.24, 2.45) is 0 Å². The Morgan fingerprint density at radius 1 is 1.00 bits per heavy atom. The fourth-order valence-electron chi connectivity index (χ4n) is 2.96. The van der Waals surface area contributed by atoms with Crippen molar-refractivity contribution in [2.45, 2.75) is 26.4 Å². The fourth-order valence-corrected chi connectivity index (χ4v) is 2.96. The van der Waals surface area contributed by atoms with Crippen molar-refractivity contribution in [3.05, 3.63) is 80.9 Å². The van der Waals surface area contributed by atoms with E-state index in [0.29, 0.717) is 23.9 Å². The molecule has 1 amide bonds. The zero-order chi connectivity index (χ0) is 18.5. The summed E-state index contributed by atoms with van der Waals surface area (Å²) in [6.07, 6.45) is 0.807. The van der Waals surface area contributed by atoms with E-state index in [9.17, 15) is 14.4 Å². The van der Waals surface area contributed by atoms with Gasteiger partial charge in [0.25, 0.3) is 11.1 Å². The number of rotatable bonds is 6. The molecule has 0 saturated heterocycles. The molecule has 0 aliphatic heterocycles. The lowest BCUT2D eigenvalue weighted by atomic mass is 10.2. The molecular formula is C20H21N3O3. The normalized spacial score (nSPS) is 10.8. The Bertz CT molecular complexity index is 1020. The maximum Gasteiger partial charge on any atom is 0.273 e. The van der Waals surface area contributed by atoms with Gasteiger partial charge in [-0.2, -0.15) is 0 Å². The number of amides is 1. The maximum absolute atomic E-state index is 12.8. The Labute approximate surface area is 150 Å². The van der Waals surface area contributed by atoms with Crippen LogP contribution in [0.2, 0.25) is 0 Å². The van der Waals surface area contributed by atoms with Gasteiger partial charge < -0.3 is 4.90 Å². The molecule has 3 aromatic rings. The zero-order valence-corrected chi connectivity index (χ0v) is 14.6. The predicted molar refractivity (Wildman–Crippen MR) is 101 cm³/mol. The van der Waals surface area contributed by atoms with Gasteiger partial charge in [0.1, 0.15) is 6.54 Å². The van der Waals surface area contributed by atoms with E-state index in [4.69, 9.17) is 0 Å². The first kappa shape index (κ1) is 17.7. The van der Waals surface area contributed by atoms with Gasteiger partial charge >= 0.3 is 0 Å². The summed E-state index contributed by atoms with van der Waals surface area (Å²) in [5.41, 5.74) is 0.275. The van der Waals surface area contributed by atoms with Crippen molar-refractivity contribution in [1.82, 2.24) is 14.7 Å². The van der Waals surface area contributed by atoms with E-state index in [1.165, 1.54) is 0 Å². The zero-order valence-electron chi connectivity index (χ0n) is 14.6. The van der Waals surface area contributed by atoms with Crippen LogP contribution in [0.1, 0.15) is 18.9 Å². The summed E-state index contributed by atoms with van der Waals surface area (Å²) in [6.45, 7) is 2.86. The first-order valence-corrected chi connectivity index (χ1v) is 8.63. The number of nitrogens with zero attached hydrogens (tertiary/aromatic N) is 2. The largest absolute Gasteiger partial charge is 0.337 e. The van der Waals surface area contributed by atoms with E-state index >= 15 is 0 Å². The van der Waals surface area contributed by atoms with Crippen LogP contribution in [0.25, 0.3) is 10.8 Å². The number of aromatic amines is 1. The Morgan fingerprint density at radius 3 is 2.35 bits per heavy atom. The van der Waals surface area contributed by atoms with E-state index in [0.717, 1.165) is 16.7 Å². The molecule has 0 unspecified atom stereocenters. The fraction of sp³-hybridized carbons (Fsp3) is 0.250. The highest BCUT2D eigenvalue weighted by molar-refractivity contribution is 5.81. The van der Waals surface area contributed by atoms with Crippen LogP contribution in [-0.4, -0.2) is 27.1 Å². The minimum Gasteiger partial charge on any atom is -0.337 e. The van der Waals surface area contributed by atoms with Crippen molar-refractivity contribution < 1.29 is 4.79 Å². The molecule has 134 valence electrons. The topological polar surface area (TPSA) is 75.2 Å². The Morgan fingerprint density at radius 2 is 1.65 bits per heavy atom. The lowest BCUT2D eigenvalue weighted by molar-refractivity contribution is -0.132. The highest BCUT2D eigenvalue weighted by Gasteiger charge is 2.16. The van der Waals surface area contributed by atoms with E-state index in [2.05, 4.69) is 5.10 Å². The third-order valence-electron chi connectivity index (χ3n) is 4.24. The number of fused-ring (bicyclic) bond motifs is 1. The third kappa shape index (κ3) is 3.74. The number of nitrogens with one attached hydrogen (secondary N) is 1. The van der Waals surface area contributed by atoms with Gasteiger partial charge in [-0.25, -0.2) is 4.68 Å². The second-order valence-electron chi connectivity index (χ2n) is 6.18. The van der Waals surface area contributed by atoms with Gasteiger partial charge in [0.05, 0.1) is 10.8 Å². The quantitative estimate of drug-likeness (QED) is 0.739. The number of aromatic nitrogens is 2. The van der Waals surface area contributed by atoms with Crippen LogP contribution < -0.4 is 11.1 Å². The molecule has 0 atom stereocenters. The van der Waals surface area contributed by atoms with Crippen molar-refractivity contribution >= 4 is 16.7 Å². The van der Waals surface area contributed by atoms with Crippen LogP contribution in [0, 0.1) is 0 Å². The summed E-state index contributed by atoms with van der Waals surface area (Å²) < 4.78 is 1.10. The Balaban J connectivity index is 1.88. The number of carbonyl (C=O) groups is 1. The summed E-state index contributed by atoms with van der Waals surface area (Å²) in [7, 11) is 0. The minimum absolute atomic E-state index is 0.189. The van der Waals surface area contributed by atoms with Crippen molar-refractivity contribution in [3.8, 4) is 0 Å². The van der Waals surface area contributed by atoms with Gasteiger partial charge in [0, 0.05) is 13.1 Å². The number of hydrogen-bond acceptors (Lipinski definition) is 3. The summed E-state index contributed by atoms with van der Waals surface area (Å²) in [5, 5.41) is 3.16. The van der Waals surface area contributed by atoms with Gasteiger partial charge in [0.15, 0.2) is 0 Å². The molecule has 0 radical (unpaired) electrons. The number of carbonyl (C=O) groups excluding carboxylic acids is 1. The molecule has 2 aromatic carbocycles. The molecule has 1 N–H and O–H groups in total. The third-order valence-corrected chi connectivity index (χ3v) is 4.24.